The highest BCUT2D eigenvalue weighted by atomic mass is 35.5. The zero-order valence-corrected chi connectivity index (χ0v) is 16.5. The van der Waals surface area contributed by atoms with Gasteiger partial charge in [0.25, 0.3) is 5.91 Å². The van der Waals surface area contributed by atoms with Gasteiger partial charge in [0.1, 0.15) is 5.69 Å². The van der Waals surface area contributed by atoms with Crippen LogP contribution in [-0.4, -0.2) is 26.7 Å². The number of amides is 1. The van der Waals surface area contributed by atoms with Crippen LogP contribution in [0.1, 0.15) is 54.0 Å². The highest BCUT2D eigenvalue weighted by molar-refractivity contribution is 6.33. The van der Waals surface area contributed by atoms with Gasteiger partial charge in [0.05, 0.1) is 10.7 Å². The highest BCUT2D eigenvalue weighted by Crippen LogP contribution is 2.53. The average Bonchev–Trinajstić information content (AvgIpc) is 2.96. The van der Waals surface area contributed by atoms with Gasteiger partial charge in [-0.05, 0) is 87.8 Å². The first-order valence-corrected chi connectivity index (χ1v) is 10.4. The average molecular weight is 385 g/mol. The molecule has 0 atom stereocenters. The molecular formula is C21H25ClN4O. The Morgan fingerprint density at radius 3 is 2.37 bits per heavy atom. The van der Waals surface area contributed by atoms with E-state index in [4.69, 9.17) is 11.6 Å². The van der Waals surface area contributed by atoms with Gasteiger partial charge in [0.2, 0.25) is 0 Å². The summed E-state index contributed by atoms with van der Waals surface area (Å²) in [6, 6.07) is 5.82. The summed E-state index contributed by atoms with van der Waals surface area (Å²) >= 11 is 6.34. The molecule has 0 unspecified atom stereocenters. The molecule has 0 saturated heterocycles. The summed E-state index contributed by atoms with van der Waals surface area (Å²) in [4.78, 5) is 17.6. The predicted molar refractivity (Wildman–Crippen MR) is 104 cm³/mol. The first-order valence-electron chi connectivity index (χ1n) is 9.99. The standard InChI is InChI=1S/C21H25ClN4O/c1-11-5-12(2)26(25-11)18-4-3-17(22)20(23-18)21(27)24-19-15-7-13-6-14(9-15)10-16(19)8-13/h3-5,13-16,19H,6-10H2,1-2H3,(H,24,27). The van der Waals surface area contributed by atoms with Crippen molar-refractivity contribution in [1.29, 1.82) is 0 Å². The van der Waals surface area contributed by atoms with E-state index < -0.39 is 0 Å². The van der Waals surface area contributed by atoms with E-state index in [2.05, 4.69) is 15.4 Å². The third kappa shape index (κ3) is 2.96. The summed E-state index contributed by atoms with van der Waals surface area (Å²) in [6.07, 6.45) is 6.48. The third-order valence-corrected chi connectivity index (χ3v) is 7.10. The minimum absolute atomic E-state index is 0.152. The molecule has 4 aliphatic rings. The molecule has 2 aromatic heterocycles. The lowest BCUT2D eigenvalue weighted by atomic mass is 9.54. The molecule has 1 amide bonds. The fraction of sp³-hybridized carbons (Fsp3) is 0.571. The smallest absolute Gasteiger partial charge is 0.271 e. The Hall–Kier alpha value is -1.88. The van der Waals surface area contributed by atoms with Crippen LogP contribution in [0.25, 0.3) is 5.82 Å². The van der Waals surface area contributed by atoms with Gasteiger partial charge in [0, 0.05) is 11.7 Å². The van der Waals surface area contributed by atoms with E-state index in [0.29, 0.717) is 28.4 Å². The molecule has 27 heavy (non-hydrogen) atoms. The molecule has 0 aromatic carbocycles. The van der Waals surface area contributed by atoms with Crippen molar-refractivity contribution >= 4 is 17.5 Å². The van der Waals surface area contributed by atoms with Gasteiger partial charge >= 0.3 is 0 Å². The Bertz CT molecular complexity index is 878. The number of hydrogen-bond donors (Lipinski definition) is 1. The van der Waals surface area contributed by atoms with E-state index in [1.54, 1.807) is 16.8 Å². The number of carbonyl (C=O) groups is 1. The third-order valence-electron chi connectivity index (χ3n) is 6.80. The van der Waals surface area contributed by atoms with Crippen LogP contribution < -0.4 is 5.32 Å². The van der Waals surface area contributed by atoms with Gasteiger partial charge in [-0.15, -0.1) is 0 Å². The minimum Gasteiger partial charge on any atom is -0.347 e. The zero-order chi connectivity index (χ0) is 18.7. The maximum Gasteiger partial charge on any atom is 0.271 e. The second-order valence-electron chi connectivity index (χ2n) is 8.77. The molecule has 4 saturated carbocycles. The topological polar surface area (TPSA) is 59.8 Å². The van der Waals surface area contributed by atoms with E-state index in [1.165, 1.54) is 32.1 Å². The Morgan fingerprint density at radius 2 is 1.78 bits per heavy atom. The van der Waals surface area contributed by atoms with Gasteiger partial charge in [-0.1, -0.05) is 11.6 Å². The largest absolute Gasteiger partial charge is 0.347 e. The van der Waals surface area contributed by atoms with Gasteiger partial charge in [-0.3, -0.25) is 4.79 Å². The molecule has 6 rings (SSSR count). The van der Waals surface area contributed by atoms with Crippen LogP contribution in [0.2, 0.25) is 5.02 Å². The number of aromatic nitrogens is 3. The molecule has 4 bridgehead atoms. The molecule has 2 aromatic rings. The second-order valence-corrected chi connectivity index (χ2v) is 9.18. The Morgan fingerprint density at radius 1 is 1.11 bits per heavy atom. The van der Waals surface area contributed by atoms with Crippen molar-refractivity contribution in [2.45, 2.75) is 52.0 Å². The van der Waals surface area contributed by atoms with Crippen molar-refractivity contribution < 1.29 is 4.79 Å². The fourth-order valence-corrected chi connectivity index (χ4v) is 6.14. The molecule has 4 aliphatic carbocycles. The number of carbonyl (C=O) groups excluding carboxylic acids is 1. The first-order chi connectivity index (χ1) is 13.0. The van der Waals surface area contributed by atoms with Gasteiger partial charge in [-0.2, -0.15) is 5.10 Å². The van der Waals surface area contributed by atoms with Crippen LogP contribution in [0.15, 0.2) is 18.2 Å². The molecule has 5 nitrogen and oxygen atoms in total. The minimum atomic E-state index is -0.152. The van der Waals surface area contributed by atoms with Crippen LogP contribution in [0, 0.1) is 37.5 Å². The van der Waals surface area contributed by atoms with Crippen LogP contribution in [0.5, 0.6) is 0 Å². The number of aryl methyl sites for hydroxylation is 2. The Kier molecular flexibility index (Phi) is 4.04. The van der Waals surface area contributed by atoms with Crippen LogP contribution >= 0.6 is 11.6 Å². The summed E-state index contributed by atoms with van der Waals surface area (Å²) in [6.45, 7) is 3.92. The van der Waals surface area contributed by atoms with Crippen molar-refractivity contribution in [2.24, 2.45) is 23.7 Å². The van der Waals surface area contributed by atoms with Gasteiger partial charge in [0.15, 0.2) is 5.82 Å². The van der Waals surface area contributed by atoms with Gasteiger partial charge in [-0.25, -0.2) is 9.67 Å². The number of hydrogen-bond acceptors (Lipinski definition) is 3. The van der Waals surface area contributed by atoms with Crippen LogP contribution in [0.3, 0.4) is 0 Å². The highest BCUT2D eigenvalue weighted by Gasteiger charge is 2.48. The number of halogens is 1. The maximum atomic E-state index is 13.0. The summed E-state index contributed by atoms with van der Waals surface area (Å²) in [5.41, 5.74) is 2.20. The number of nitrogens with zero attached hydrogens (tertiary/aromatic N) is 3. The lowest BCUT2D eigenvalue weighted by molar-refractivity contribution is -0.0120. The molecule has 0 spiro atoms. The van der Waals surface area contributed by atoms with E-state index in [9.17, 15) is 4.79 Å². The lowest BCUT2D eigenvalue weighted by Gasteiger charge is -2.54. The molecule has 0 aliphatic heterocycles. The maximum absolute atomic E-state index is 13.0. The summed E-state index contributed by atoms with van der Waals surface area (Å²) in [5, 5.41) is 8.16. The molecule has 2 heterocycles. The SMILES string of the molecule is Cc1cc(C)n(-c2ccc(Cl)c(C(=O)NC3C4CC5CC(C4)CC3C5)n2)n1. The quantitative estimate of drug-likeness (QED) is 0.866. The molecule has 0 radical (unpaired) electrons. The van der Waals surface area contributed by atoms with Crippen molar-refractivity contribution in [3.05, 3.63) is 40.3 Å². The first kappa shape index (κ1) is 17.2. The number of rotatable bonds is 3. The lowest BCUT2D eigenvalue weighted by Crippen LogP contribution is -2.55. The summed E-state index contributed by atoms with van der Waals surface area (Å²) in [5.74, 6) is 3.50. The van der Waals surface area contributed by atoms with E-state index >= 15 is 0 Å². The number of pyridine rings is 1. The second kappa shape index (κ2) is 6.33. The van der Waals surface area contributed by atoms with E-state index in [1.807, 2.05) is 19.9 Å². The van der Waals surface area contributed by atoms with Crippen molar-refractivity contribution in [3.8, 4) is 5.82 Å². The predicted octanol–water partition coefficient (Wildman–Crippen LogP) is 4.09. The van der Waals surface area contributed by atoms with Crippen molar-refractivity contribution in [3.63, 3.8) is 0 Å². The molecule has 4 fully saturated rings. The fourth-order valence-electron chi connectivity index (χ4n) is 5.95. The monoisotopic (exact) mass is 384 g/mol. The number of nitrogens with one attached hydrogen (secondary N) is 1. The van der Waals surface area contributed by atoms with Crippen molar-refractivity contribution in [2.75, 3.05) is 0 Å². The molecular weight excluding hydrogens is 360 g/mol. The van der Waals surface area contributed by atoms with Crippen LogP contribution in [-0.2, 0) is 0 Å². The van der Waals surface area contributed by atoms with Crippen LogP contribution in [0.4, 0.5) is 0 Å². The molecule has 1 N–H and O–H groups in total. The van der Waals surface area contributed by atoms with Gasteiger partial charge < -0.3 is 5.32 Å². The van der Waals surface area contributed by atoms with E-state index in [-0.39, 0.29) is 11.9 Å². The molecule has 6 heteroatoms. The Labute approximate surface area is 164 Å². The van der Waals surface area contributed by atoms with Crippen molar-refractivity contribution in [1.82, 2.24) is 20.1 Å². The van der Waals surface area contributed by atoms with E-state index in [0.717, 1.165) is 23.2 Å². The summed E-state index contributed by atoms with van der Waals surface area (Å²) < 4.78 is 1.76. The normalized spacial score (nSPS) is 31.3. The molecule has 142 valence electrons. The Balaban J connectivity index is 1.40. The summed E-state index contributed by atoms with van der Waals surface area (Å²) in [7, 11) is 0. The zero-order valence-electron chi connectivity index (χ0n) is 15.8.